The fraction of sp³-hybridized carbons (Fsp3) is 0.571. The summed E-state index contributed by atoms with van der Waals surface area (Å²) < 4.78 is 5.59. The van der Waals surface area contributed by atoms with Gasteiger partial charge in [0, 0.05) is 13.2 Å². The van der Waals surface area contributed by atoms with Crippen LogP contribution in [0.25, 0.3) is 0 Å². The first-order chi connectivity index (χ1) is 15.3. The summed E-state index contributed by atoms with van der Waals surface area (Å²) >= 11 is 0. The fourth-order valence-electron chi connectivity index (χ4n) is 1.72. The highest BCUT2D eigenvalue weighted by molar-refractivity contribution is 4.44. The molecular formula is C28H60O3. The third kappa shape index (κ3) is 153. The molecule has 0 aliphatic heterocycles. The van der Waals surface area contributed by atoms with Gasteiger partial charge in [-0.15, -0.1) is 78.9 Å². The van der Waals surface area contributed by atoms with Crippen LogP contribution in [0.15, 0.2) is 78.9 Å². The number of ether oxygens (including phenoxy) is 1. The molecule has 0 aliphatic rings. The van der Waals surface area contributed by atoms with Crippen LogP contribution >= 0.6 is 0 Å². The molecule has 0 radical (unpaired) electrons. The Morgan fingerprint density at radius 1 is 0.419 bits per heavy atom. The molecule has 0 aromatic carbocycles. The second-order valence-corrected chi connectivity index (χ2v) is 4.89. The van der Waals surface area contributed by atoms with Crippen molar-refractivity contribution in [2.75, 3.05) is 26.4 Å². The number of aliphatic hydroxyl groups excluding tert-OH is 2. The lowest BCUT2D eigenvalue weighted by molar-refractivity contribution is 0.125. The van der Waals surface area contributed by atoms with Crippen molar-refractivity contribution in [3.05, 3.63) is 78.9 Å². The highest BCUT2D eigenvalue weighted by Crippen LogP contribution is 2.04. The molecule has 3 heteroatoms. The van der Waals surface area contributed by atoms with Crippen LogP contribution in [0.2, 0.25) is 0 Å². The van der Waals surface area contributed by atoms with E-state index >= 15 is 0 Å². The topological polar surface area (TPSA) is 49.7 Å². The van der Waals surface area contributed by atoms with Crippen molar-refractivity contribution in [3.8, 4) is 0 Å². The lowest BCUT2D eigenvalue weighted by Crippen LogP contribution is -1.97. The number of aliphatic hydroxyl groups is 2. The van der Waals surface area contributed by atoms with E-state index in [1.807, 2.05) is 0 Å². The third-order valence-corrected chi connectivity index (χ3v) is 2.88. The van der Waals surface area contributed by atoms with Crippen LogP contribution in [0.5, 0.6) is 0 Å². The van der Waals surface area contributed by atoms with Gasteiger partial charge >= 0.3 is 0 Å². The lowest BCUT2D eigenvalue weighted by Gasteiger charge is -2.03. The second-order valence-electron chi connectivity index (χ2n) is 4.89. The summed E-state index contributed by atoms with van der Waals surface area (Å²) in [6, 6.07) is 0. The molecule has 0 aromatic heterocycles. The van der Waals surface area contributed by atoms with Gasteiger partial charge in [-0.05, 0) is 12.8 Å². The summed E-state index contributed by atoms with van der Waals surface area (Å²) in [5.41, 5.74) is 0. The average Bonchev–Trinajstić information content (AvgIpc) is 2.90. The predicted octanol–water partition coefficient (Wildman–Crippen LogP) is 8.73. The molecule has 0 fully saturated rings. The van der Waals surface area contributed by atoms with Crippen LogP contribution < -0.4 is 0 Å². The van der Waals surface area contributed by atoms with Gasteiger partial charge in [0.1, 0.15) is 0 Å². The fourth-order valence-corrected chi connectivity index (χ4v) is 1.72. The van der Waals surface area contributed by atoms with Gasteiger partial charge in [-0.1, -0.05) is 65.2 Å². The van der Waals surface area contributed by atoms with Gasteiger partial charge < -0.3 is 14.9 Å². The van der Waals surface area contributed by atoms with Gasteiger partial charge in [-0.2, -0.15) is 0 Å². The van der Waals surface area contributed by atoms with Gasteiger partial charge in [0.25, 0.3) is 0 Å². The molecule has 0 saturated heterocycles. The molecule has 0 unspecified atom stereocenters. The molecule has 0 heterocycles. The summed E-state index contributed by atoms with van der Waals surface area (Å²) in [5.74, 6) is 0. The predicted molar refractivity (Wildman–Crippen MR) is 150 cm³/mol. The van der Waals surface area contributed by atoms with Crippen LogP contribution in [-0.4, -0.2) is 36.6 Å². The van der Waals surface area contributed by atoms with E-state index in [2.05, 4.69) is 92.8 Å². The van der Waals surface area contributed by atoms with Crippen molar-refractivity contribution in [1.82, 2.24) is 0 Å². The Hall–Kier alpha value is -1.68. The molecule has 0 aliphatic carbocycles. The summed E-state index contributed by atoms with van der Waals surface area (Å²) in [6.07, 6.45) is 13.4. The molecule has 0 atom stereocenters. The molecule has 190 valence electrons. The summed E-state index contributed by atoms with van der Waals surface area (Å²) in [5, 5.41) is 15.2. The van der Waals surface area contributed by atoms with Crippen molar-refractivity contribution in [1.29, 1.82) is 0 Å². The summed E-state index contributed by atoms with van der Waals surface area (Å²) in [7, 11) is 0. The van der Waals surface area contributed by atoms with Gasteiger partial charge in [-0.3, -0.25) is 0 Å². The first kappa shape index (κ1) is 51.7. The number of hydrogen-bond donors (Lipinski definition) is 2. The van der Waals surface area contributed by atoms with Gasteiger partial charge in [0.2, 0.25) is 0 Å². The van der Waals surface area contributed by atoms with E-state index in [0.29, 0.717) is 0 Å². The minimum absolute atomic E-state index is 0.125. The summed E-state index contributed by atoms with van der Waals surface area (Å²) in [6.45, 7) is 42.2. The molecule has 0 bridgehead atoms. The number of unbranched alkanes of at least 4 members (excludes halogenated alkanes) is 8. The zero-order valence-electron chi connectivity index (χ0n) is 21.7. The maximum absolute atomic E-state index is 7.62. The molecule has 0 saturated carbocycles. The van der Waals surface area contributed by atoms with Crippen LogP contribution in [0, 0.1) is 0 Å². The number of rotatable bonds is 13. The Morgan fingerprint density at radius 3 is 0.839 bits per heavy atom. The largest absolute Gasteiger partial charge is 0.394 e. The van der Waals surface area contributed by atoms with Crippen LogP contribution in [0.3, 0.4) is 0 Å². The SMILES string of the molecule is C=C.C=C.C=C.C=C.C=C.C=C.CCCCCCCOCCCCCCC.OCCO. The van der Waals surface area contributed by atoms with Crippen molar-refractivity contribution in [3.63, 3.8) is 0 Å². The minimum atomic E-state index is -0.125. The van der Waals surface area contributed by atoms with Crippen molar-refractivity contribution < 1.29 is 14.9 Å². The lowest BCUT2D eigenvalue weighted by atomic mass is 10.1. The first-order valence-electron chi connectivity index (χ1n) is 11.1. The first-order valence-corrected chi connectivity index (χ1v) is 11.1. The zero-order chi connectivity index (χ0) is 26.6. The third-order valence-electron chi connectivity index (χ3n) is 2.88. The van der Waals surface area contributed by atoms with Crippen LogP contribution in [0.1, 0.15) is 78.1 Å². The minimum Gasteiger partial charge on any atom is -0.394 e. The van der Waals surface area contributed by atoms with Crippen molar-refractivity contribution >= 4 is 0 Å². The zero-order valence-corrected chi connectivity index (χ0v) is 21.7. The maximum atomic E-state index is 7.62. The Morgan fingerprint density at radius 2 is 0.645 bits per heavy atom. The Balaban J connectivity index is -0.0000000457. The standard InChI is InChI=1S/C14H30O.C2H6O2.6C2H4/c1-3-5-7-9-11-13-15-14-12-10-8-6-4-2;3-1-2-4;6*1-2/h3-14H2,1-2H3;3-4H,1-2H2;6*1-2H2. The molecule has 0 rings (SSSR count). The maximum Gasteiger partial charge on any atom is 0.0662 e. The molecule has 0 aromatic rings. The smallest absolute Gasteiger partial charge is 0.0662 e. The molecule has 2 N–H and O–H groups in total. The Bertz CT molecular complexity index is 169. The van der Waals surface area contributed by atoms with Crippen LogP contribution in [0.4, 0.5) is 0 Å². The van der Waals surface area contributed by atoms with E-state index < -0.39 is 0 Å². The van der Waals surface area contributed by atoms with Crippen molar-refractivity contribution in [2.45, 2.75) is 78.1 Å². The highest BCUT2D eigenvalue weighted by Gasteiger charge is 1.91. The second kappa shape index (κ2) is 119. The Labute approximate surface area is 198 Å². The van der Waals surface area contributed by atoms with E-state index in [1.54, 1.807) is 0 Å². The molecule has 3 nitrogen and oxygen atoms in total. The normalized spacial score (nSPS) is 6.97. The van der Waals surface area contributed by atoms with E-state index in [4.69, 9.17) is 14.9 Å². The van der Waals surface area contributed by atoms with Gasteiger partial charge in [-0.25, -0.2) is 0 Å². The van der Waals surface area contributed by atoms with Crippen molar-refractivity contribution in [2.24, 2.45) is 0 Å². The molecule has 31 heavy (non-hydrogen) atoms. The van der Waals surface area contributed by atoms with Gasteiger partial charge in [0.05, 0.1) is 13.2 Å². The molecule has 0 spiro atoms. The molecule has 0 amide bonds. The Kier molecular flexibility index (Phi) is 199. The highest BCUT2D eigenvalue weighted by atomic mass is 16.5. The monoisotopic (exact) mass is 444 g/mol. The van der Waals surface area contributed by atoms with E-state index in [-0.39, 0.29) is 13.2 Å². The van der Waals surface area contributed by atoms with Gasteiger partial charge in [0.15, 0.2) is 0 Å². The van der Waals surface area contributed by atoms with E-state index in [1.165, 1.54) is 64.2 Å². The average molecular weight is 445 g/mol. The van der Waals surface area contributed by atoms with Crippen LogP contribution in [-0.2, 0) is 4.74 Å². The molecular weight excluding hydrogens is 384 g/mol. The quantitative estimate of drug-likeness (QED) is 0.220. The van der Waals surface area contributed by atoms with E-state index in [0.717, 1.165) is 13.2 Å². The number of hydrogen-bond acceptors (Lipinski definition) is 3. The van der Waals surface area contributed by atoms with E-state index in [9.17, 15) is 0 Å². The summed E-state index contributed by atoms with van der Waals surface area (Å²) in [4.78, 5) is 0.